The summed E-state index contributed by atoms with van der Waals surface area (Å²) in [6, 6.07) is 4.11. The van der Waals surface area contributed by atoms with E-state index in [9.17, 15) is 0 Å². The fourth-order valence-electron chi connectivity index (χ4n) is 1.39. The minimum Gasteiger partial charge on any atom is -0.361 e. The van der Waals surface area contributed by atoms with Crippen molar-refractivity contribution in [2.24, 2.45) is 0 Å². The normalized spacial score (nSPS) is 10.7. The Labute approximate surface area is 99.3 Å². The minimum atomic E-state index is 0.858. The molecular weight excluding hydrogens is 220 g/mol. The quantitative estimate of drug-likeness (QED) is 0.764. The molecule has 2 rings (SSSR count). The first kappa shape index (κ1) is 11.2. The van der Waals surface area contributed by atoms with Crippen LogP contribution in [0.15, 0.2) is 27.9 Å². The number of hydrogen-bond donors (Lipinski definition) is 0. The van der Waals surface area contributed by atoms with E-state index in [1.54, 1.807) is 11.8 Å². The maximum absolute atomic E-state index is 5.12. The second-order valence-electron chi connectivity index (χ2n) is 3.77. The van der Waals surface area contributed by atoms with Gasteiger partial charge < -0.3 is 4.52 Å². The molecule has 0 radical (unpaired) electrons. The van der Waals surface area contributed by atoms with Crippen LogP contribution in [0.1, 0.15) is 22.6 Å². The third kappa shape index (κ3) is 2.44. The molecule has 0 spiro atoms. The molecule has 0 fully saturated rings. The number of nitrogens with zero attached hydrogens (tertiary/aromatic N) is 2. The molecule has 2 heterocycles. The van der Waals surface area contributed by atoms with Gasteiger partial charge in [0, 0.05) is 17.5 Å². The van der Waals surface area contributed by atoms with Crippen molar-refractivity contribution in [1.82, 2.24) is 10.1 Å². The molecule has 2 aromatic rings. The zero-order valence-electron chi connectivity index (χ0n) is 9.65. The van der Waals surface area contributed by atoms with E-state index in [1.807, 2.05) is 33.0 Å². The van der Waals surface area contributed by atoms with Crippen molar-refractivity contribution >= 4 is 11.8 Å². The third-order valence-corrected chi connectivity index (χ3v) is 3.40. The van der Waals surface area contributed by atoms with Gasteiger partial charge in [-0.3, -0.25) is 0 Å². The van der Waals surface area contributed by atoms with Crippen molar-refractivity contribution in [3.8, 4) is 0 Å². The second kappa shape index (κ2) is 4.70. The molecule has 3 nitrogen and oxygen atoms in total. The SMILES string of the molecule is Cc1ccc(SCc2c(C)noc2C)nc1. The molecule has 0 unspecified atom stereocenters. The van der Waals surface area contributed by atoms with Crippen molar-refractivity contribution in [2.45, 2.75) is 31.6 Å². The zero-order valence-corrected chi connectivity index (χ0v) is 10.5. The Balaban J connectivity index is 2.05. The topological polar surface area (TPSA) is 38.9 Å². The lowest BCUT2D eigenvalue weighted by molar-refractivity contribution is 0.392. The van der Waals surface area contributed by atoms with Crippen molar-refractivity contribution < 1.29 is 4.52 Å². The monoisotopic (exact) mass is 234 g/mol. The van der Waals surface area contributed by atoms with E-state index < -0.39 is 0 Å². The maximum Gasteiger partial charge on any atom is 0.137 e. The fourth-order valence-corrected chi connectivity index (χ4v) is 2.39. The van der Waals surface area contributed by atoms with Crippen molar-refractivity contribution in [1.29, 1.82) is 0 Å². The molecule has 0 bridgehead atoms. The minimum absolute atomic E-state index is 0.858. The van der Waals surface area contributed by atoms with Gasteiger partial charge in [-0.25, -0.2) is 4.98 Å². The number of thioether (sulfide) groups is 1. The first-order valence-corrected chi connectivity index (χ1v) is 6.12. The van der Waals surface area contributed by atoms with Crippen molar-refractivity contribution in [3.63, 3.8) is 0 Å². The lowest BCUT2D eigenvalue weighted by Gasteiger charge is -2.00. The van der Waals surface area contributed by atoms with Gasteiger partial charge in [0.25, 0.3) is 0 Å². The second-order valence-corrected chi connectivity index (χ2v) is 4.76. The van der Waals surface area contributed by atoms with E-state index in [-0.39, 0.29) is 0 Å². The summed E-state index contributed by atoms with van der Waals surface area (Å²) in [7, 11) is 0. The molecule has 0 aromatic carbocycles. The summed E-state index contributed by atoms with van der Waals surface area (Å²) < 4.78 is 5.12. The van der Waals surface area contributed by atoms with Crippen molar-refractivity contribution in [2.75, 3.05) is 0 Å². The third-order valence-electron chi connectivity index (χ3n) is 2.43. The first-order valence-electron chi connectivity index (χ1n) is 5.14. The van der Waals surface area contributed by atoms with Gasteiger partial charge in [-0.15, -0.1) is 11.8 Å². The van der Waals surface area contributed by atoms with E-state index >= 15 is 0 Å². The molecule has 84 valence electrons. The Morgan fingerprint density at radius 1 is 1.25 bits per heavy atom. The molecule has 0 saturated carbocycles. The molecule has 0 saturated heterocycles. The Kier molecular flexibility index (Phi) is 3.29. The van der Waals surface area contributed by atoms with E-state index in [2.05, 4.69) is 16.2 Å². The van der Waals surface area contributed by atoms with Gasteiger partial charge in [0.1, 0.15) is 5.76 Å². The predicted octanol–water partition coefficient (Wildman–Crippen LogP) is 3.29. The van der Waals surface area contributed by atoms with Crippen LogP contribution in [0.5, 0.6) is 0 Å². The van der Waals surface area contributed by atoms with E-state index in [1.165, 1.54) is 11.1 Å². The van der Waals surface area contributed by atoms with Crippen LogP contribution in [0.2, 0.25) is 0 Å². The Bertz CT molecular complexity index is 457. The summed E-state index contributed by atoms with van der Waals surface area (Å²) in [5, 5.41) is 4.97. The van der Waals surface area contributed by atoms with Crippen LogP contribution in [0.3, 0.4) is 0 Å². The largest absolute Gasteiger partial charge is 0.361 e. The van der Waals surface area contributed by atoms with Crippen LogP contribution in [-0.2, 0) is 5.75 Å². The van der Waals surface area contributed by atoms with E-state index in [0.717, 1.165) is 22.2 Å². The summed E-state index contributed by atoms with van der Waals surface area (Å²) in [6.07, 6.45) is 1.88. The highest BCUT2D eigenvalue weighted by Gasteiger charge is 2.09. The predicted molar refractivity (Wildman–Crippen MR) is 64.5 cm³/mol. The number of rotatable bonds is 3. The molecule has 4 heteroatoms. The molecule has 0 aliphatic rings. The van der Waals surface area contributed by atoms with Crippen LogP contribution in [-0.4, -0.2) is 10.1 Å². The summed E-state index contributed by atoms with van der Waals surface area (Å²) in [6.45, 7) is 5.95. The Hall–Kier alpha value is -1.29. The van der Waals surface area contributed by atoms with Gasteiger partial charge in [-0.05, 0) is 32.4 Å². The number of aryl methyl sites for hydroxylation is 3. The van der Waals surface area contributed by atoms with Gasteiger partial charge in [0.05, 0.1) is 10.7 Å². The lowest BCUT2D eigenvalue weighted by atomic mass is 10.2. The van der Waals surface area contributed by atoms with Crippen LogP contribution in [0.4, 0.5) is 0 Å². The summed E-state index contributed by atoms with van der Waals surface area (Å²) in [4.78, 5) is 4.35. The molecule has 0 aliphatic carbocycles. The number of pyridine rings is 1. The van der Waals surface area contributed by atoms with Crippen LogP contribution in [0, 0.1) is 20.8 Å². The lowest BCUT2D eigenvalue weighted by Crippen LogP contribution is -1.86. The Morgan fingerprint density at radius 2 is 2.06 bits per heavy atom. The van der Waals surface area contributed by atoms with Gasteiger partial charge >= 0.3 is 0 Å². The molecule has 0 amide bonds. The smallest absolute Gasteiger partial charge is 0.137 e. The maximum atomic E-state index is 5.12. The molecule has 2 aromatic heterocycles. The first-order chi connectivity index (χ1) is 7.66. The molecular formula is C12H14N2OS. The molecule has 0 N–H and O–H groups in total. The Morgan fingerprint density at radius 3 is 2.62 bits per heavy atom. The summed E-state index contributed by atoms with van der Waals surface area (Å²) >= 11 is 1.70. The zero-order chi connectivity index (χ0) is 11.5. The average Bonchev–Trinajstić information content (AvgIpc) is 2.59. The highest BCUT2D eigenvalue weighted by molar-refractivity contribution is 7.98. The number of hydrogen-bond acceptors (Lipinski definition) is 4. The standard InChI is InChI=1S/C12H14N2OS/c1-8-4-5-12(13-6-8)16-7-11-9(2)14-15-10(11)3/h4-6H,7H2,1-3H3. The van der Waals surface area contributed by atoms with E-state index in [0.29, 0.717) is 0 Å². The fraction of sp³-hybridized carbons (Fsp3) is 0.333. The highest BCUT2D eigenvalue weighted by atomic mass is 32.2. The van der Waals surface area contributed by atoms with Gasteiger partial charge in [0.2, 0.25) is 0 Å². The van der Waals surface area contributed by atoms with Gasteiger partial charge in [-0.1, -0.05) is 11.2 Å². The summed E-state index contributed by atoms with van der Waals surface area (Å²) in [5.74, 6) is 1.76. The van der Waals surface area contributed by atoms with E-state index in [4.69, 9.17) is 4.52 Å². The van der Waals surface area contributed by atoms with Crippen molar-refractivity contribution in [3.05, 3.63) is 40.9 Å². The van der Waals surface area contributed by atoms with Crippen LogP contribution < -0.4 is 0 Å². The highest BCUT2D eigenvalue weighted by Crippen LogP contribution is 2.24. The molecule has 0 atom stereocenters. The van der Waals surface area contributed by atoms with Crippen LogP contribution >= 0.6 is 11.8 Å². The number of aromatic nitrogens is 2. The average molecular weight is 234 g/mol. The van der Waals surface area contributed by atoms with Crippen LogP contribution in [0.25, 0.3) is 0 Å². The van der Waals surface area contributed by atoms with Gasteiger partial charge in [-0.2, -0.15) is 0 Å². The summed E-state index contributed by atoms with van der Waals surface area (Å²) in [5.41, 5.74) is 3.33. The molecule has 16 heavy (non-hydrogen) atoms. The molecule has 0 aliphatic heterocycles. The van der Waals surface area contributed by atoms with Gasteiger partial charge in [0.15, 0.2) is 0 Å².